The monoisotopic (exact) mass is 417 g/mol. The third-order valence-electron chi connectivity index (χ3n) is 6.58. The van der Waals surface area contributed by atoms with Crippen LogP contribution in [0.2, 0.25) is 0 Å². The predicted octanol–water partition coefficient (Wildman–Crippen LogP) is 1.30. The van der Waals surface area contributed by atoms with Gasteiger partial charge in [0.15, 0.2) is 0 Å². The zero-order chi connectivity index (χ0) is 21.3. The molecule has 0 radical (unpaired) electrons. The first-order chi connectivity index (χ1) is 14.5. The number of nitrogen functional groups attached to an aromatic ring is 1. The summed E-state index contributed by atoms with van der Waals surface area (Å²) in [6, 6.07) is 7.36. The second-order valence-electron chi connectivity index (χ2n) is 8.86. The molecule has 30 heavy (non-hydrogen) atoms. The van der Waals surface area contributed by atoms with E-state index in [4.69, 9.17) is 5.73 Å². The van der Waals surface area contributed by atoms with Crippen molar-refractivity contribution in [2.45, 2.75) is 31.7 Å². The van der Waals surface area contributed by atoms with Gasteiger partial charge in [-0.2, -0.15) is 0 Å². The SMILES string of the molecule is CN1CCCN2CCN(CCCN(C(CCc3ccc(N)cc3)C(=O)O)CC2)CC1. The number of hydrogen-bond donors (Lipinski definition) is 2. The van der Waals surface area contributed by atoms with Crippen molar-refractivity contribution in [3.63, 3.8) is 0 Å². The summed E-state index contributed by atoms with van der Waals surface area (Å²) in [6.45, 7) is 10.3. The Morgan fingerprint density at radius 2 is 1.50 bits per heavy atom. The number of nitrogens with zero attached hydrogens (tertiary/aromatic N) is 4. The minimum absolute atomic E-state index is 0.434. The predicted molar refractivity (Wildman–Crippen MR) is 122 cm³/mol. The van der Waals surface area contributed by atoms with Gasteiger partial charge in [-0.15, -0.1) is 0 Å². The Bertz CT molecular complexity index is 653. The average Bonchev–Trinajstić information content (AvgIpc) is 2.73. The third kappa shape index (κ3) is 7.23. The molecule has 0 aromatic heterocycles. The molecular formula is C23H39N5O2. The maximum absolute atomic E-state index is 12.2. The highest BCUT2D eigenvalue weighted by Gasteiger charge is 2.26. The molecule has 7 nitrogen and oxygen atoms in total. The molecule has 1 aromatic rings. The van der Waals surface area contributed by atoms with Crippen molar-refractivity contribution in [2.24, 2.45) is 0 Å². The maximum atomic E-state index is 12.2. The second kappa shape index (κ2) is 11.6. The lowest BCUT2D eigenvalue weighted by atomic mass is 10.0. The van der Waals surface area contributed by atoms with Crippen LogP contribution in [0.3, 0.4) is 0 Å². The fourth-order valence-electron chi connectivity index (χ4n) is 4.58. The summed E-state index contributed by atoms with van der Waals surface area (Å²) in [5, 5.41) is 9.99. The highest BCUT2D eigenvalue weighted by Crippen LogP contribution is 2.15. The van der Waals surface area contributed by atoms with Crippen LogP contribution in [0.25, 0.3) is 0 Å². The van der Waals surface area contributed by atoms with Gasteiger partial charge in [0.05, 0.1) is 0 Å². The van der Waals surface area contributed by atoms with Gasteiger partial charge in [-0.05, 0) is 70.1 Å². The van der Waals surface area contributed by atoms with E-state index in [0.29, 0.717) is 6.42 Å². The normalized spacial score (nSPS) is 26.2. The Balaban J connectivity index is 1.64. The summed E-state index contributed by atoms with van der Waals surface area (Å²) in [7, 11) is 2.22. The van der Waals surface area contributed by atoms with Crippen LogP contribution in [0.1, 0.15) is 24.8 Å². The van der Waals surface area contributed by atoms with E-state index in [1.165, 1.54) is 6.42 Å². The van der Waals surface area contributed by atoms with E-state index in [1.54, 1.807) is 0 Å². The van der Waals surface area contributed by atoms with Crippen molar-refractivity contribution in [1.82, 2.24) is 19.6 Å². The number of aliphatic carboxylic acids is 1. The van der Waals surface area contributed by atoms with E-state index >= 15 is 0 Å². The van der Waals surface area contributed by atoms with Crippen LogP contribution in [-0.2, 0) is 11.2 Å². The number of aryl methyl sites for hydroxylation is 1. The fraction of sp³-hybridized carbons (Fsp3) is 0.696. The molecule has 0 saturated carbocycles. The molecule has 0 spiro atoms. The van der Waals surface area contributed by atoms with Crippen molar-refractivity contribution in [2.75, 3.05) is 78.2 Å². The number of carboxylic acids is 1. The number of carboxylic acid groups (broad SMARTS) is 1. The van der Waals surface area contributed by atoms with Crippen LogP contribution in [-0.4, -0.2) is 109 Å². The second-order valence-corrected chi connectivity index (χ2v) is 8.86. The molecule has 3 unspecified atom stereocenters. The molecule has 7 heteroatoms. The molecule has 3 atom stereocenters. The molecule has 0 aliphatic carbocycles. The van der Waals surface area contributed by atoms with Gasteiger partial charge in [0.1, 0.15) is 6.04 Å². The molecule has 2 heterocycles. The minimum Gasteiger partial charge on any atom is -0.480 e. The number of carbonyl (C=O) groups is 1. The van der Waals surface area contributed by atoms with E-state index in [9.17, 15) is 9.90 Å². The number of hydrogen-bond acceptors (Lipinski definition) is 6. The smallest absolute Gasteiger partial charge is 0.320 e. The first kappa shape index (κ1) is 23.0. The quantitative estimate of drug-likeness (QED) is 0.700. The summed E-state index contributed by atoms with van der Waals surface area (Å²) in [4.78, 5) is 21.9. The van der Waals surface area contributed by atoms with Crippen LogP contribution in [0, 0.1) is 0 Å². The highest BCUT2D eigenvalue weighted by molar-refractivity contribution is 5.73. The third-order valence-corrected chi connectivity index (χ3v) is 6.58. The zero-order valence-electron chi connectivity index (χ0n) is 18.5. The first-order valence-corrected chi connectivity index (χ1v) is 11.5. The standard InChI is InChI=1S/C23H39N5O2/c1-25-10-2-11-27-17-16-26(15-14-25)12-3-13-28(19-18-27)22(23(29)30)9-6-20-4-7-21(24)8-5-20/h4-5,7-8,22H,2-3,6,9-19,24H2,1H3,(H,29,30). The lowest BCUT2D eigenvalue weighted by Gasteiger charge is -2.36. The Labute approximate surface area is 181 Å². The van der Waals surface area contributed by atoms with E-state index < -0.39 is 12.0 Å². The van der Waals surface area contributed by atoms with Crippen molar-refractivity contribution >= 4 is 11.7 Å². The summed E-state index contributed by atoms with van der Waals surface area (Å²) in [6.07, 6.45) is 3.59. The molecule has 1 aromatic carbocycles. The Morgan fingerprint density at radius 1 is 0.900 bits per heavy atom. The van der Waals surface area contributed by atoms with E-state index in [0.717, 1.165) is 89.5 Å². The Hall–Kier alpha value is -1.67. The van der Waals surface area contributed by atoms with Gasteiger partial charge in [0.25, 0.3) is 0 Å². The lowest BCUT2D eigenvalue weighted by Crippen LogP contribution is -2.50. The number of likely N-dealkylation sites (N-methyl/N-ethyl adjacent to an activating group) is 1. The number of rotatable bonds is 5. The van der Waals surface area contributed by atoms with Gasteiger partial charge in [-0.3, -0.25) is 9.69 Å². The molecule has 3 N–H and O–H groups in total. The minimum atomic E-state index is -0.700. The van der Waals surface area contributed by atoms with E-state index in [-0.39, 0.29) is 0 Å². The summed E-state index contributed by atoms with van der Waals surface area (Å²) in [5.41, 5.74) is 7.67. The average molecular weight is 418 g/mol. The lowest BCUT2D eigenvalue weighted by molar-refractivity contribution is -0.143. The first-order valence-electron chi connectivity index (χ1n) is 11.5. The topological polar surface area (TPSA) is 76.3 Å². The van der Waals surface area contributed by atoms with Gasteiger partial charge in [-0.1, -0.05) is 12.1 Å². The van der Waals surface area contributed by atoms with Crippen LogP contribution < -0.4 is 5.73 Å². The summed E-state index contributed by atoms with van der Waals surface area (Å²) in [5.74, 6) is -0.700. The molecule has 2 aliphatic heterocycles. The molecule has 2 aliphatic rings. The largest absolute Gasteiger partial charge is 0.480 e. The summed E-state index contributed by atoms with van der Waals surface area (Å²) < 4.78 is 0. The number of benzene rings is 1. The molecular weight excluding hydrogens is 378 g/mol. The van der Waals surface area contributed by atoms with Crippen LogP contribution in [0.15, 0.2) is 24.3 Å². The van der Waals surface area contributed by atoms with Crippen molar-refractivity contribution in [3.8, 4) is 0 Å². The number of nitrogens with two attached hydrogens (primary N) is 1. The zero-order valence-corrected chi connectivity index (χ0v) is 18.5. The molecule has 3 rings (SSSR count). The van der Waals surface area contributed by atoms with Crippen LogP contribution >= 0.6 is 0 Å². The van der Waals surface area contributed by atoms with E-state index in [2.05, 4.69) is 26.6 Å². The molecule has 2 bridgehead atoms. The van der Waals surface area contributed by atoms with Gasteiger partial charge in [-0.25, -0.2) is 0 Å². The van der Waals surface area contributed by atoms with Gasteiger partial charge < -0.3 is 25.5 Å². The maximum Gasteiger partial charge on any atom is 0.320 e. The highest BCUT2D eigenvalue weighted by atomic mass is 16.4. The van der Waals surface area contributed by atoms with Gasteiger partial charge in [0, 0.05) is 51.5 Å². The van der Waals surface area contributed by atoms with Crippen LogP contribution in [0.5, 0.6) is 0 Å². The van der Waals surface area contributed by atoms with Crippen molar-refractivity contribution in [3.05, 3.63) is 29.8 Å². The molecule has 0 amide bonds. The fourth-order valence-corrected chi connectivity index (χ4v) is 4.58. The van der Waals surface area contributed by atoms with Gasteiger partial charge in [0.2, 0.25) is 0 Å². The molecule has 168 valence electrons. The number of anilines is 1. The molecule has 2 saturated heterocycles. The Kier molecular flexibility index (Phi) is 8.93. The van der Waals surface area contributed by atoms with E-state index in [1.807, 2.05) is 24.3 Å². The van der Waals surface area contributed by atoms with Gasteiger partial charge >= 0.3 is 5.97 Å². The van der Waals surface area contributed by atoms with Crippen LogP contribution in [0.4, 0.5) is 5.69 Å². The van der Waals surface area contributed by atoms with Crippen molar-refractivity contribution in [1.29, 1.82) is 0 Å². The Morgan fingerprint density at radius 3 is 2.17 bits per heavy atom. The van der Waals surface area contributed by atoms with Crippen molar-refractivity contribution < 1.29 is 9.90 Å². The number of fused-ring (bicyclic) bond motifs is 3. The summed E-state index contributed by atoms with van der Waals surface area (Å²) >= 11 is 0. The molecule has 2 fully saturated rings.